The first-order valence-corrected chi connectivity index (χ1v) is 12.0. The quantitative estimate of drug-likeness (QED) is 0.683. The van der Waals surface area contributed by atoms with Crippen LogP contribution in [0, 0.1) is 13.8 Å². The van der Waals surface area contributed by atoms with E-state index in [1.54, 1.807) is 0 Å². The molecule has 5 nitrogen and oxygen atoms in total. The molecule has 0 saturated heterocycles. The van der Waals surface area contributed by atoms with Crippen molar-refractivity contribution in [1.29, 1.82) is 0 Å². The van der Waals surface area contributed by atoms with E-state index in [2.05, 4.69) is 5.32 Å². The highest BCUT2D eigenvalue weighted by Gasteiger charge is 2.33. The van der Waals surface area contributed by atoms with Crippen molar-refractivity contribution >= 4 is 27.3 Å². The number of sulfonamides is 1. The van der Waals surface area contributed by atoms with Crippen molar-refractivity contribution in [2.45, 2.75) is 59.9 Å². The molecule has 2 rings (SSSR count). The van der Waals surface area contributed by atoms with Gasteiger partial charge in [-0.05, 0) is 61.4 Å². The number of benzene rings is 2. The number of carbonyl (C=O) groups excluding carboxylic acids is 1. The third-order valence-electron chi connectivity index (χ3n) is 5.18. The molecule has 0 radical (unpaired) electrons. The van der Waals surface area contributed by atoms with Gasteiger partial charge in [-0.2, -0.15) is 0 Å². The molecule has 2 aromatic rings. The zero-order valence-electron chi connectivity index (χ0n) is 18.2. The number of para-hydroxylation sites is 1. The number of aryl methyl sites for hydroxylation is 4. The van der Waals surface area contributed by atoms with Crippen molar-refractivity contribution in [3.8, 4) is 0 Å². The summed E-state index contributed by atoms with van der Waals surface area (Å²) in [6.45, 7) is 9.69. The predicted molar refractivity (Wildman–Crippen MR) is 121 cm³/mol. The molecule has 1 N–H and O–H groups in total. The van der Waals surface area contributed by atoms with E-state index in [0.717, 1.165) is 47.0 Å². The maximum absolute atomic E-state index is 13.3. The molecule has 1 atom stereocenters. The standard InChI is InChI=1S/C23H32N2O3S/c1-7-18-11-10-12-19(8-2)22(18)24-23(26)20(9-3)25(29(6,27)28)21-15-16(4)13-14-17(21)5/h10-15,20H,7-9H2,1-6H3,(H,24,26)/t20-/m1/s1. The molecule has 0 aliphatic rings. The van der Waals surface area contributed by atoms with Crippen LogP contribution in [0.15, 0.2) is 36.4 Å². The zero-order valence-corrected chi connectivity index (χ0v) is 19.1. The summed E-state index contributed by atoms with van der Waals surface area (Å²) in [4.78, 5) is 13.3. The molecule has 0 aromatic heterocycles. The van der Waals surface area contributed by atoms with E-state index in [0.29, 0.717) is 12.1 Å². The summed E-state index contributed by atoms with van der Waals surface area (Å²) in [6.07, 6.45) is 3.09. The van der Waals surface area contributed by atoms with Gasteiger partial charge in [-0.15, -0.1) is 0 Å². The monoisotopic (exact) mass is 416 g/mol. The molecule has 0 bridgehead atoms. The van der Waals surface area contributed by atoms with E-state index in [1.807, 2.05) is 71.0 Å². The normalized spacial score (nSPS) is 12.5. The third-order valence-corrected chi connectivity index (χ3v) is 6.34. The first kappa shape index (κ1) is 22.9. The highest BCUT2D eigenvalue weighted by atomic mass is 32.2. The van der Waals surface area contributed by atoms with E-state index in [1.165, 1.54) is 4.31 Å². The van der Waals surface area contributed by atoms with Gasteiger partial charge in [0.15, 0.2) is 0 Å². The second-order valence-corrected chi connectivity index (χ2v) is 9.28. The van der Waals surface area contributed by atoms with Crippen LogP contribution in [0.4, 0.5) is 11.4 Å². The summed E-state index contributed by atoms with van der Waals surface area (Å²) >= 11 is 0. The summed E-state index contributed by atoms with van der Waals surface area (Å²) < 4.78 is 26.8. The number of hydrogen-bond acceptors (Lipinski definition) is 3. The molecule has 0 aliphatic carbocycles. The van der Waals surface area contributed by atoms with E-state index in [9.17, 15) is 13.2 Å². The minimum atomic E-state index is -3.66. The molecule has 29 heavy (non-hydrogen) atoms. The Labute approximate surface area is 175 Å². The van der Waals surface area contributed by atoms with Gasteiger partial charge in [-0.25, -0.2) is 8.42 Å². The Kier molecular flexibility index (Phi) is 7.47. The van der Waals surface area contributed by atoms with Crippen LogP contribution in [-0.2, 0) is 27.7 Å². The minimum Gasteiger partial charge on any atom is -0.324 e. The van der Waals surface area contributed by atoms with Crippen LogP contribution in [-0.4, -0.2) is 26.6 Å². The van der Waals surface area contributed by atoms with E-state index in [-0.39, 0.29) is 5.91 Å². The van der Waals surface area contributed by atoms with Crippen molar-refractivity contribution in [2.24, 2.45) is 0 Å². The number of carbonyl (C=O) groups is 1. The van der Waals surface area contributed by atoms with E-state index >= 15 is 0 Å². The molecule has 158 valence electrons. The van der Waals surface area contributed by atoms with E-state index in [4.69, 9.17) is 0 Å². The van der Waals surface area contributed by atoms with Gasteiger partial charge < -0.3 is 5.32 Å². The van der Waals surface area contributed by atoms with Gasteiger partial charge in [0, 0.05) is 5.69 Å². The summed E-state index contributed by atoms with van der Waals surface area (Å²) in [5.41, 5.74) is 5.20. The minimum absolute atomic E-state index is 0.311. The van der Waals surface area contributed by atoms with Crippen LogP contribution in [0.3, 0.4) is 0 Å². The number of rotatable bonds is 8. The van der Waals surface area contributed by atoms with Crippen molar-refractivity contribution in [1.82, 2.24) is 0 Å². The molecule has 2 aromatic carbocycles. The zero-order chi connectivity index (χ0) is 21.8. The van der Waals surface area contributed by atoms with Crippen LogP contribution >= 0.6 is 0 Å². The molecule has 0 heterocycles. The van der Waals surface area contributed by atoms with Gasteiger partial charge in [-0.1, -0.05) is 51.1 Å². The maximum atomic E-state index is 13.3. The second kappa shape index (κ2) is 9.44. The number of anilines is 2. The Morgan fingerprint density at radius 1 is 1.03 bits per heavy atom. The Hall–Kier alpha value is -2.34. The molecular formula is C23H32N2O3S. The second-order valence-electron chi connectivity index (χ2n) is 7.42. The number of nitrogens with zero attached hydrogens (tertiary/aromatic N) is 1. The Bertz CT molecular complexity index is 961. The largest absolute Gasteiger partial charge is 0.324 e. The molecule has 0 aliphatic heterocycles. The lowest BCUT2D eigenvalue weighted by molar-refractivity contribution is -0.117. The SMILES string of the molecule is CCc1cccc(CC)c1NC(=O)[C@@H](CC)N(c1cc(C)ccc1C)S(C)(=O)=O. The van der Waals surface area contributed by atoms with Gasteiger partial charge in [-0.3, -0.25) is 9.10 Å². The maximum Gasteiger partial charge on any atom is 0.248 e. The van der Waals surface area contributed by atoms with Crippen LogP contribution in [0.2, 0.25) is 0 Å². The summed E-state index contributed by atoms with van der Waals surface area (Å²) in [5.74, 6) is -0.311. The topological polar surface area (TPSA) is 66.5 Å². The molecule has 0 unspecified atom stereocenters. The first-order valence-electron chi connectivity index (χ1n) is 10.1. The van der Waals surface area contributed by atoms with Crippen LogP contribution < -0.4 is 9.62 Å². The van der Waals surface area contributed by atoms with Gasteiger partial charge in [0.25, 0.3) is 0 Å². The van der Waals surface area contributed by atoms with Crippen molar-refractivity contribution in [3.05, 3.63) is 58.7 Å². The predicted octanol–water partition coefficient (Wildman–Crippen LogP) is 4.61. The van der Waals surface area contributed by atoms with Gasteiger partial charge in [0.1, 0.15) is 6.04 Å². The Morgan fingerprint density at radius 2 is 1.62 bits per heavy atom. The van der Waals surface area contributed by atoms with Crippen LogP contribution in [0.25, 0.3) is 0 Å². The first-order chi connectivity index (χ1) is 13.6. The average molecular weight is 417 g/mol. The van der Waals surface area contributed by atoms with Crippen molar-refractivity contribution < 1.29 is 13.2 Å². The fourth-order valence-corrected chi connectivity index (χ4v) is 4.86. The lowest BCUT2D eigenvalue weighted by Gasteiger charge is -2.32. The number of amides is 1. The Balaban J connectivity index is 2.52. The number of nitrogens with one attached hydrogen (secondary N) is 1. The Morgan fingerprint density at radius 3 is 2.10 bits per heavy atom. The van der Waals surface area contributed by atoms with Crippen LogP contribution in [0.5, 0.6) is 0 Å². The average Bonchev–Trinajstić information content (AvgIpc) is 2.67. The number of hydrogen-bond donors (Lipinski definition) is 1. The van der Waals surface area contributed by atoms with Crippen molar-refractivity contribution in [2.75, 3.05) is 15.9 Å². The highest BCUT2D eigenvalue weighted by molar-refractivity contribution is 7.92. The van der Waals surface area contributed by atoms with Crippen LogP contribution in [0.1, 0.15) is 49.4 Å². The summed E-state index contributed by atoms with van der Waals surface area (Å²) in [7, 11) is -3.66. The molecule has 0 saturated carbocycles. The van der Waals surface area contributed by atoms with Gasteiger partial charge >= 0.3 is 0 Å². The third kappa shape index (κ3) is 5.18. The lowest BCUT2D eigenvalue weighted by Crippen LogP contribution is -2.47. The van der Waals surface area contributed by atoms with Gasteiger partial charge in [0.2, 0.25) is 15.9 Å². The molecular weight excluding hydrogens is 384 g/mol. The fraction of sp³-hybridized carbons (Fsp3) is 0.435. The smallest absolute Gasteiger partial charge is 0.248 e. The summed E-state index contributed by atoms with van der Waals surface area (Å²) in [5, 5.41) is 3.04. The molecule has 0 fully saturated rings. The molecule has 0 spiro atoms. The summed E-state index contributed by atoms with van der Waals surface area (Å²) in [6, 6.07) is 10.8. The highest BCUT2D eigenvalue weighted by Crippen LogP contribution is 2.29. The van der Waals surface area contributed by atoms with Gasteiger partial charge in [0.05, 0.1) is 11.9 Å². The van der Waals surface area contributed by atoms with E-state index < -0.39 is 16.1 Å². The molecule has 1 amide bonds. The lowest BCUT2D eigenvalue weighted by atomic mass is 10.0. The fourth-order valence-electron chi connectivity index (χ4n) is 3.60. The molecule has 6 heteroatoms. The van der Waals surface area contributed by atoms with Crippen molar-refractivity contribution in [3.63, 3.8) is 0 Å².